The van der Waals surface area contributed by atoms with E-state index >= 15 is 0 Å². The lowest BCUT2D eigenvalue weighted by molar-refractivity contribution is 0.369. The quantitative estimate of drug-likeness (QED) is 0.209. The Labute approximate surface area is 64.2 Å². The van der Waals surface area contributed by atoms with Gasteiger partial charge in [-0.15, -0.1) is 0 Å². The SMILES string of the molecule is Nc1c(O)c(F)c(F)c(F)c1F. The summed E-state index contributed by atoms with van der Waals surface area (Å²) in [4.78, 5) is 0. The van der Waals surface area contributed by atoms with Gasteiger partial charge in [0.1, 0.15) is 5.69 Å². The second-order valence-corrected chi connectivity index (χ2v) is 2.02. The second-order valence-electron chi connectivity index (χ2n) is 2.02. The molecule has 0 aliphatic carbocycles. The van der Waals surface area contributed by atoms with Crippen molar-refractivity contribution in [1.82, 2.24) is 0 Å². The molecule has 0 unspecified atom stereocenters. The first kappa shape index (κ1) is 8.63. The molecule has 0 aliphatic rings. The van der Waals surface area contributed by atoms with Gasteiger partial charge >= 0.3 is 0 Å². The molecule has 1 aromatic rings. The Hall–Kier alpha value is -1.46. The summed E-state index contributed by atoms with van der Waals surface area (Å²) in [6.45, 7) is 0. The molecule has 0 atom stereocenters. The van der Waals surface area contributed by atoms with Crippen molar-refractivity contribution in [3.63, 3.8) is 0 Å². The summed E-state index contributed by atoms with van der Waals surface area (Å²) in [6, 6.07) is 0. The summed E-state index contributed by atoms with van der Waals surface area (Å²) in [5.74, 6) is -9.24. The maximum Gasteiger partial charge on any atom is 0.205 e. The van der Waals surface area contributed by atoms with Crippen molar-refractivity contribution in [3.05, 3.63) is 23.3 Å². The van der Waals surface area contributed by atoms with E-state index in [-0.39, 0.29) is 0 Å². The third-order valence-corrected chi connectivity index (χ3v) is 1.28. The number of hydrogen-bond donors (Lipinski definition) is 2. The van der Waals surface area contributed by atoms with Gasteiger partial charge in [-0.3, -0.25) is 0 Å². The van der Waals surface area contributed by atoms with Crippen LogP contribution in [0, 0.1) is 23.3 Å². The molecule has 0 spiro atoms. The smallest absolute Gasteiger partial charge is 0.205 e. The number of nitrogen functional groups attached to an aromatic ring is 1. The lowest BCUT2D eigenvalue weighted by Gasteiger charge is -2.03. The highest BCUT2D eigenvalue weighted by atomic mass is 19.2. The highest BCUT2D eigenvalue weighted by Gasteiger charge is 2.22. The molecule has 6 heteroatoms. The van der Waals surface area contributed by atoms with Crippen molar-refractivity contribution in [1.29, 1.82) is 0 Å². The molecule has 0 saturated carbocycles. The summed E-state index contributed by atoms with van der Waals surface area (Å²) in [5.41, 5.74) is 3.53. The van der Waals surface area contributed by atoms with Gasteiger partial charge in [0.05, 0.1) is 0 Å². The number of anilines is 1. The normalized spacial score (nSPS) is 10.3. The van der Waals surface area contributed by atoms with Crippen molar-refractivity contribution < 1.29 is 22.7 Å². The first-order valence-corrected chi connectivity index (χ1v) is 2.77. The van der Waals surface area contributed by atoms with Crippen molar-refractivity contribution in [2.75, 3.05) is 5.73 Å². The minimum absolute atomic E-state index is 1.15. The van der Waals surface area contributed by atoms with E-state index in [1.54, 1.807) is 0 Å². The van der Waals surface area contributed by atoms with Gasteiger partial charge in [0.25, 0.3) is 0 Å². The Balaban J connectivity index is 3.60. The van der Waals surface area contributed by atoms with Crippen LogP contribution in [0.1, 0.15) is 0 Å². The van der Waals surface area contributed by atoms with Gasteiger partial charge in [-0.25, -0.2) is 13.2 Å². The van der Waals surface area contributed by atoms with Gasteiger partial charge < -0.3 is 10.8 Å². The standard InChI is InChI=1S/C6H3F4NO/c7-1-2(8)4(10)6(12)5(11)3(1)9/h12H,11H2. The average molecular weight is 181 g/mol. The van der Waals surface area contributed by atoms with Crippen LogP contribution in [0.2, 0.25) is 0 Å². The minimum atomic E-state index is -2.08. The fourth-order valence-corrected chi connectivity index (χ4v) is 0.637. The maximum absolute atomic E-state index is 12.4. The molecular weight excluding hydrogens is 178 g/mol. The number of benzene rings is 1. The minimum Gasteiger partial charge on any atom is -0.503 e. The van der Waals surface area contributed by atoms with Crippen molar-refractivity contribution in [2.45, 2.75) is 0 Å². The predicted octanol–water partition coefficient (Wildman–Crippen LogP) is 1.53. The predicted molar refractivity (Wildman–Crippen MR) is 32.4 cm³/mol. The van der Waals surface area contributed by atoms with E-state index in [0.717, 1.165) is 0 Å². The highest BCUT2D eigenvalue weighted by Crippen LogP contribution is 2.30. The first-order valence-electron chi connectivity index (χ1n) is 2.77. The number of aromatic hydroxyl groups is 1. The van der Waals surface area contributed by atoms with E-state index in [9.17, 15) is 17.6 Å². The fraction of sp³-hybridized carbons (Fsp3) is 0. The Morgan fingerprint density at radius 1 is 0.833 bits per heavy atom. The van der Waals surface area contributed by atoms with Crippen LogP contribution in [0.4, 0.5) is 23.2 Å². The van der Waals surface area contributed by atoms with E-state index in [2.05, 4.69) is 5.73 Å². The van der Waals surface area contributed by atoms with Crippen LogP contribution in [-0.4, -0.2) is 5.11 Å². The molecule has 0 saturated heterocycles. The fourth-order valence-electron chi connectivity index (χ4n) is 0.637. The van der Waals surface area contributed by atoms with Crippen LogP contribution in [-0.2, 0) is 0 Å². The van der Waals surface area contributed by atoms with E-state index in [1.807, 2.05) is 0 Å². The summed E-state index contributed by atoms with van der Waals surface area (Å²) in [6.07, 6.45) is 0. The Bertz CT molecular complexity index is 234. The van der Waals surface area contributed by atoms with Crippen LogP contribution in [0.3, 0.4) is 0 Å². The molecular formula is C6H3F4NO. The van der Waals surface area contributed by atoms with Gasteiger partial charge in [-0.2, -0.15) is 4.39 Å². The van der Waals surface area contributed by atoms with Crippen LogP contribution >= 0.6 is 0 Å². The lowest BCUT2D eigenvalue weighted by atomic mass is 10.2. The van der Waals surface area contributed by atoms with Gasteiger partial charge in [0.2, 0.25) is 11.6 Å². The van der Waals surface area contributed by atoms with Gasteiger partial charge in [-0.05, 0) is 0 Å². The molecule has 0 fully saturated rings. The Morgan fingerprint density at radius 3 is 1.75 bits per heavy atom. The van der Waals surface area contributed by atoms with E-state index in [0.29, 0.717) is 0 Å². The van der Waals surface area contributed by atoms with Crippen molar-refractivity contribution in [3.8, 4) is 5.75 Å². The molecule has 0 bridgehead atoms. The zero-order valence-corrected chi connectivity index (χ0v) is 5.54. The Morgan fingerprint density at radius 2 is 1.25 bits per heavy atom. The van der Waals surface area contributed by atoms with Crippen molar-refractivity contribution in [2.24, 2.45) is 0 Å². The maximum atomic E-state index is 12.4. The van der Waals surface area contributed by atoms with Crippen LogP contribution < -0.4 is 5.73 Å². The summed E-state index contributed by atoms with van der Waals surface area (Å²) >= 11 is 0. The number of rotatable bonds is 0. The van der Waals surface area contributed by atoms with E-state index in [4.69, 9.17) is 5.11 Å². The van der Waals surface area contributed by atoms with Crippen LogP contribution in [0.25, 0.3) is 0 Å². The second kappa shape index (κ2) is 2.54. The van der Waals surface area contributed by atoms with Crippen molar-refractivity contribution >= 4 is 5.69 Å². The van der Waals surface area contributed by atoms with Crippen LogP contribution in [0.5, 0.6) is 5.75 Å². The summed E-state index contributed by atoms with van der Waals surface area (Å²) < 4.78 is 49.2. The molecule has 0 heterocycles. The molecule has 0 amide bonds. The summed E-state index contributed by atoms with van der Waals surface area (Å²) in [5, 5.41) is 8.55. The third-order valence-electron chi connectivity index (χ3n) is 1.28. The number of nitrogens with two attached hydrogens (primary N) is 1. The molecule has 0 aliphatic heterocycles. The van der Waals surface area contributed by atoms with E-state index < -0.39 is 34.7 Å². The molecule has 0 radical (unpaired) electrons. The zero-order valence-electron chi connectivity index (χ0n) is 5.54. The van der Waals surface area contributed by atoms with Gasteiger partial charge in [0.15, 0.2) is 17.4 Å². The Kier molecular flexibility index (Phi) is 1.83. The van der Waals surface area contributed by atoms with Gasteiger partial charge in [0, 0.05) is 0 Å². The van der Waals surface area contributed by atoms with Crippen LogP contribution in [0.15, 0.2) is 0 Å². The lowest BCUT2D eigenvalue weighted by Crippen LogP contribution is -2.02. The largest absolute Gasteiger partial charge is 0.503 e. The van der Waals surface area contributed by atoms with Gasteiger partial charge in [-0.1, -0.05) is 0 Å². The highest BCUT2D eigenvalue weighted by molar-refractivity contribution is 5.53. The molecule has 2 nitrogen and oxygen atoms in total. The monoisotopic (exact) mass is 181 g/mol. The number of phenolic OH excluding ortho intramolecular Hbond substituents is 1. The average Bonchev–Trinajstić information content (AvgIpc) is 2.08. The molecule has 12 heavy (non-hydrogen) atoms. The molecule has 0 aromatic heterocycles. The topological polar surface area (TPSA) is 46.2 Å². The number of hydrogen-bond acceptors (Lipinski definition) is 2. The molecule has 66 valence electrons. The molecule has 1 rings (SSSR count). The zero-order chi connectivity index (χ0) is 9.46. The molecule has 1 aromatic carbocycles. The number of phenols is 1. The number of halogens is 4. The third kappa shape index (κ3) is 0.956. The van der Waals surface area contributed by atoms with E-state index in [1.165, 1.54) is 0 Å². The summed E-state index contributed by atoms with van der Waals surface area (Å²) in [7, 11) is 0. The molecule has 3 N–H and O–H groups in total. The first-order chi connectivity index (χ1) is 5.46.